The van der Waals surface area contributed by atoms with Gasteiger partial charge in [0.05, 0.1) is 11.0 Å². The Labute approximate surface area is 99.0 Å². The average Bonchev–Trinajstić information content (AvgIpc) is 2.31. The number of hydrogen-bond donors (Lipinski definition) is 0. The van der Waals surface area contributed by atoms with E-state index in [9.17, 15) is 4.21 Å². The van der Waals surface area contributed by atoms with Crippen LogP contribution in [0.5, 0.6) is 0 Å². The molecule has 86 valence electrons. The molecule has 1 unspecified atom stereocenters. The summed E-state index contributed by atoms with van der Waals surface area (Å²) in [6, 6.07) is 7.62. The molecule has 1 aliphatic carbocycles. The zero-order valence-electron chi connectivity index (χ0n) is 9.39. The van der Waals surface area contributed by atoms with Crippen molar-refractivity contribution in [1.82, 2.24) is 0 Å². The van der Waals surface area contributed by atoms with E-state index in [1.807, 2.05) is 37.3 Å². The number of allylic oxidation sites excluding steroid dienone is 1. The highest BCUT2D eigenvalue weighted by Crippen LogP contribution is 2.18. The largest absolute Gasteiger partial charge is 0.279 e. The normalized spacial score (nSPS) is 21.9. The Kier molecular flexibility index (Phi) is 3.91. The van der Waals surface area contributed by atoms with Gasteiger partial charge < -0.3 is 0 Å². The maximum atomic E-state index is 11.9. The van der Waals surface area contributed by atoms with Crippen LogP contribution in [0.15, 0.2) is 41.3 Å². The topological polar surface area (TPSA) is 26.3 Å². The fourth-order valence-corrected chi connectivity index (χ4v) is 2.53. The summed E-state index contributed by atoms with van der Waals surface area (Å²) in [5.41, 5.74) is 1.17. The Morgan fingerprint density at radius 1 is 1.31 bits per heavy atom. The van der Waals surface area contributed by atoms with Gasteiger partial charge in [0.1, 0.15) is 0 Å². The molecule has 0 bridgehead atoms. The van der Waals surface area contributed by atoms with Gasteiger partial charge in [0.15, 0.2) is 11.1 Å². The van der Waals surface area contributed by atoms with Crippen LogP contribution < -0.4 is 0 Å². The Hall–Kier alpha value is -0.930. The van der Waals surface area contributed by atoms with E-state index in [1.54, 1.807) is 0 Å². The second-order valence-corrected chi connectivity index (χ2v) is 5.17. The smallest absolute Gasteiger partial charge is 0.189 e. The van der Waals surface area contributed by atoms with E-state index in [4.69, 9.17) is 4.18 Å². The van der Waals surface area contributed by atoms with E-state index in [0.29, 0.717) is 0 Å². The molecule has 0 amide bonds. The van der Waals surface area contributed by atoms with Crippen molar-refractivity contribution in [2.45, 2.75) is 37.2 Å². The van der Waals surface area contributed by atoms with Gasteiger partial charge in [0.25, 0.3) is 0 Å². The van der Waals surface area contributed by atoms with Crippen molar-refractivity contribution in [3.63, 3.8) is 0 Å². The number of benzene rings is 1. The standard InChI is InChI=1S/C13H16O2S/c1-11-7-9-13(10-8-11)16(14)15-12-5-3-2-4-6-12/h3,5,7-10,12H,2,4,6H2,1H3/t12-,16?/m1/s1. The third kappa shape index (κ3) is 3.03. The van der Waals surface area contributed by atoms with Gasteiger partial charge in [0, 0.05) is 0 Å². The van der Waals surface area contributed by atoms with Crippen LogP contribution in [0.3, 0.4) is 0 Å². The molecule has 0 aromatic heterocycles. The molecular weight excluding hydrogens is 220 g/mol. The molecule has 0 heterocycles. The predicted molar refractivity (Wildman–Crippen MR) is 65.5 cm³/mol. The summed E-state index contributed by atoms with van der Waals surface area (Å²) < 4.78 is 17.4. The van der Waals surface area contributed by atoms with Crippen LogP contribution in [0.4, 0.5) is 0 Å². The number of rotatable bonds is 3. The van der Waals surface area contributed by atoms with Gasteiger partial charge in [-0.05, 0) is 38.3 Å². The zero-order valence-corrected chi connectivity index (χ0v) is 10.2. The molecule has 2 nitrogen and oxygen atoms in total. The van der Waals surface area contributed by atoms with Gasteiger partial charge in [-0.15, -0.1) is 0 Å². The van der Waals surface area contributed by atoms with Crippen molar-refractivity contribution in [1.29, 1.82) is 0 Å². The minimum atomic E-state index is -1.34. The van der Waals surface area contributed by atoms with Gasteiger partial charge in [0.2, 0.25) is 0 Å². The van der Waals surface area contributed by atoms with Crippen molar-refractivity contribution in [2.75, 3.05) is 0 Å². The minimum Gasteiger partial charge on any atom is -0.279 e. The molecule has 1 aliphatic rings. The van der Waals surface area contributed by atoms with Gasteiger partial charge >= 0.3 is 0 Å². The van der Waals surface area contributed by atoms with Crippen LogP contribution in [0.1, 0.15) is 24.8 Å². The van der Waals surface area contributed by atoms with Crippen molar-refractivity contribution in [3.8, 4) is 0 Å². The molecule has 0 saturated heterocycles. The fourth-order valence-electron chi connectivity index (χ4n) is 1.68. The predicted octanol–water partition coefficient (Wildman–Crippen LogP) is 3.14. The lowest BCUT2D eigenvalue weighted by atomic mass is 10.1. The van der Waals surface area contributed by atoms with E-state index in [2.05, 4.69) is 6.08 Å². The Morgan fingerprint density at radius 3 is 2.69 bits per heavy atom. The summed E-state index contributed by atoms with van der Waals surface area (Å²) in [6.07, 6.45) is 7.31. The summed E-state index contributed by atoms with van der Waals surface area (Å²) in [4.78, 5) is 0.740. The maximum absolute atomic E-state index is 11.9. The van der Waals surface area contributed by atoms with Gasteiger partial charge in [-0.25, -0.2) is 4.21 Å². The highest BCUT2D eigenvalue weighted by Gasteiger charge is 2.13. The molecule has 0 fully saturated rings. The SMILES string of the molecule is Cc1ccc(S(=O)O[C@@H]2C=CCCC2)cc1. The second-order valence-electron chi connectivity index (χ2n) is 4.04. The van der Waals surface area contributed by atoms with Crippen LogP contribution in [-0.4, -0.2) is 10.3 Å². The van der Waals surface area contributed by atoms with Crippen LogP contribution in [0, 0.1) is 6.92 Å². The molecule has 0 radical (unpaired) electrons. The van der Waals surface area contributed by atoms with Crippen LogP contribution in [-0.2, 0) is 15.3 Å². The highest BCUT2D eigenvalue weighted by atomic mass is 32.2. The molecule has 3 heteroatoms. The Balaban J connectivity index is 1.99. The average molecular weight is 236 g/mol. The maximum Gasteiger partial charge on any atom is 0.189 e. The highest BCUT2D eigenvalue weighted by molar-refractivity contribution is 7.80. The lowest BCUT2D eigenvalue weighted by Crippen LogP contribution is -2.14. The lowest BCUT2D eigenvalue weighted by molar-refractivity contribution is 0.255. The first-order valence-corrected chi connectivity index (χ1v) is 6.65. The third-order valence-corrected chi connectivity index (χ3v) is 3.71. The van der Waals surface area contributed by atoms with Gasteiger partial charge in [-0.3, -0.25) is 4.18 Å². The summed E-state index contributed by atoms with van der Waals surface area (Å²) in [5.74, 6) is 0. The van der Waals surface area contributed by atoms with E-state index < -0.39 is 11.1 Å². The van der Waals surface area contributed by atoms with Crippen LogP contribution in [0.2, 0.25) is 0 Å². The van der Waals surface area contributed by atoms with E-state index in [0.717, 1.165) is 24.2 Å². The minimum absolute atomic E-state index is 0.0101. The quantitative estimate of drug-likeness (QED) is 0.754. The first-order chi connectivity index (χ1) is 7.75. The Morgan fingerprint density at radius 2 is 2.06 bits per heavy atom. The Bertz CT molecular complexity index is 395. The third-order valence-electron chi connectivity index (χ3n) is 2.63. The summed E-state index contributed by atoms with van der Waals surface area (Å²) in [5, 5.41) is 0. The molecule has 0 N–H and O–H groups in total. The van der Waals surface area contributed by atoms with Crippen LogP contribution >= 0.6 is 0 Å². The molecule has 0 saturated carbocycles. The van der Waals surface area contributed by atoms with Crippen molar-refractivity contribution < 1.29 is 8.39 Å². The van der Waals surface area contributed by atoms with E-state index in [-0.39, 0.29) is 6.10 Å². The summed E-state index contributed by atoms with van der Waals surface area (Å²) >= 11 is -1.34. The van der Waals surface area contributed by atoms with Gasteiger partial charge in [-0.2, -0.15) is 0 Å². The number of hydrogen-bond acceptors (Lipinski definition) is 2. The molecule has 1 aromatic carbocycles. The molecule has 0 aliphatic heterocycles. The summed E-state index contributed by atoms with van der Waals surface area (Å²) in [6.45, 7) is 2.01. The van der Waals surface area contributed by atoms with Gasteiger partial charge in [-0.1, -0.05) is 29.8 Å². The van der Waals surface area contributed by atoms with Crippen molar-refractivity contribution in [3.05, 3.63) is 42.0 Å². The van der Waals surface area contributed by atoms with Crippen LogP contribution in [0.25, 0.3) is 0 Å². The number of aryl methyl sites for hydroxylation is 1. The van der Waals surface area contributed by atoms with Crippen molar-refractivity contribution >= 4 is 11.1 Å². The monoisotopic (exact) mass is 236 g/mol. The molecule has 0 spiro atoms. The molecule has 1 aromatic rings. The second kappa shape index (κ2) is 5.41. The van der Waals surface area contributed by atoms with E-state index in [1.165, 1.54) is 5.56 Å². The lowest BCUT2D eigenvalue weighted by Gasteiger charge is -2.15. The van der Waals surface area contributed by atoms with E-state index >= 15 is 0 Å². The molecule has 16 heavy (non-hydrogen) atoms. The molecule has 2 atom stereocenters. The first-order valence-electron chi connectivity index (χ1n) is 5.58. The molecular formula is C13H16O2S. The first kappa shape index (κ1) is 11.6. The fraction of sp³-hybridized carbons (Fsp3) is 0.385. The van der Waals surface area contributed by atoms with Crippen molar-refractivity contribution in [2.24, 2.45) is 0 Å². The zero-order chi connectivity index (χ0) is 11.4. The summed E-state index contributed by atoms with van der Waals surface area (Å²) in [7, 11) is 0. The molecule has 2 rings (SSSR count).